The van der Waals surface area contributed by atoms with Crippen LogP contribution < -0.4 is 0 Å². The fraction of sp³-hybridized carbons (Fsp3) is 0.812. The van der Waals surface area contributed by atoms with Gasteiger partial charge in [0.25, 0.3) is 0 Å². The third-order valence-corrected chi connectivity index (χ3v) is 4.69. The summed E-state index contributed by atoms with van der Waals surface area (Å²) in [5.41, 5.74) is -0.453. The molecule has 0 saturated heterocycles. The summed E-state index contributed by atoms with van der Waals surface area (Å²) in [5.74, 6) is -2.47. The van der Waals surface area contributed by atoms with Crippen molar-refractivity contribution in [2.45, 2.75) is 64.7 Å². The van der Waals surface area contributed by atoms with Crippen molar-refractivity contribution < 1.29 is 24.6 Å². The monoisotopic (exact) mass is 298 g/mol. The molecule has 0 amide bonds. The second-order valence-corrected chi connectivity index (χ2v) is 6.56. The van der Waals surface area contributed by atoms with Crippen molar-refractivity contribution >= 4 is 18.2 Å². The largest absolute Gasteiger partial charge is 0.481 e. The van der Waals surface area contributed by atoms with Crippen molar-refractivity contribution in [2.24, 2.45) is 17.3 Å². The van der Waals surface area contributed by atoms with Gasteiger partial charge in [-0.3, -0.25) is 9.59 Å². The van der Waals surface area contributed by atoms with Crippen LogP contribution in [0.3, 0.4) is 0 Å². The van der Waals surface area contributed by atoms with Crippen molar-refractivity contribution in [3.05, 3.63) is 0 Å². The summed E-state index contributed by atoms with van der Waals surface area (Å²) < 4.78 is 0. The van der Waals surface area contributed by atoms with Crippen LogP contribution in [0.15, 0.2) is 0 Å². The molecule has 0 aliphatic heterocycles. The van der Waals surface area contributed by atoms with Crippen LogP contribution in [0.5, 0.6) is 0 Å². The van der Waals surface area contributed by atoms with Crippen LogP contribution in [0.25, 0.3) is 0 Å². The molecule has 5 nitrogen and oxygen atoms in total. The van der Waals surface area contributed by atoms with Crippen molar-refractivity contribution in [3.63, 3.8) is 0 Å². The number of carboxylic acid groups (broad SMARTS) is 2. The quantitative estimate of drug-likeness (QED) is 0.781. The summed E-state index contributed by atoms with van der Waals surface area (Å²) in [6.45, 7) is 1.89. The Balaban J connectivity index is 2.75. The Morgan fingerprint density at radius 3 is 1.62 bits per heavy atom. The average molecular weight is 298 g/mol. The lowest BCUT2D eigenvalue weighted by atomic mass is 9.78. The third kappa shape index (κ3) is 5.86. The van der Waals surface area contributed by atoms with Gasteiger partial charge in [0, 0.05) is 5.41 Å². The molecule has 1 fully saturated rings. The Kier molecular flexibility index (Phi) is 6.85. The number of aldehydes is 1. The number of aliphatic carboxylic acids is 2. The average Bonchev–Trinajstić information content (AvgIpc) is 2.41. The Labute approximate surface area is 125 Å². The van der Waals surface area contributed by atoms with Gasteiger partial charge in [0.15, 0.2) is 0 Å². The minimum absolute atomic E-state index is 0.422. The molecular formula is C16H26O5. The third-order valence-electron chi connectivity index (χ3n) is 4.69. The SMILES string of the molecule is CC1(C=O)CCCC(C(=O)O)CCCC(C(=O)O)CCC1. The highest BCUT2D eigenvalue weighted by atomic mass is 16.4. The summed E-state index contributed by atoms with van der Waals surface area (Å²) in [6, 6.07) is 0. The lowest BCUT2D eigenvalue weighted by Crippen LogP contribution is -2.22. The molecule has 0 spiro atoms. The maximum atomic E-state index is 11.3. The number of carbonyl (C=O) groups is 3. The predicted molar refractivity (Wildman–Crippen MR) is 78.0 cm³/mol. The van der Waals surface area contributed by atoms with Crippen LogP contribution in [0.1, 0.15) is 64.7 Å². The highest BCUT2D eigenvalue weighted by molar-refractivity contribution is 5.70. The van der Waals surface area contributed by atoms with Gasteiger partial charge in [-0.25, -0.2) is 0 Å². The molecule has 1 aliphatic carbocycles. The fourth-order valence-corrected chi connectivity index (χ4v) is 3.14. The molecule has 1 aliphatic rings. The fourth-order valence-electron chi connectivity index (χ4n) is 3.14. The first-order valence-electron chi connectivity index (χ1n) is 7.80. The number of rotatable bonds is 3. The zero-order valence-electron chi connectivity index (χ0n) is 12.7. The first kappa shape index (κ1) is 17.7. The van der Waals surface area contributed by atoms with Crippen LogP contribution in [0.4, 0.5) is 0 Å². The van der Waals surface area contributed by atoms with E-state index in [9.17, 15) is 24.6 Å². The first-order chi connectivity index (χ1) is 9.88. The number of carbonyl (C=O) groups excluding carboxylic acids is 1. The van der Waals surface area contributed by atoms with E-state index < -0.39 is 29.2 Å². The van der Waals surface area contributed by atoms with E-state index >= 15 is 0 Å². The molecule has 0 bridgehead atoms. The van der Waals surface area contributed by atoms with Crippen LogP contribution in [-0.4, -0.2) is 28.4 Å². The minimum atomic E-state index is -0.813. The van der Waals surface area contributed by atoms with E-state index in [0.29, 0.717) is 44.9 Å². The van der Waals surface area contributed by atoms with Gasteiger partial charge in [-0.2, -0.15) is 0 Å². The van der Waals surface area contributed by atoms with Gasteiger partial charge >= 0.3 is 11.9 Å². The van der Waals surface area contributed by atoms with Gasteiger partial charge in [-0.15, -0.1) is 0 Å². The molecule has 5 heteroatoms. The molecule has 2 N–H and O–H groups in total. The minimum Gasteiger partial charge on any atom is -0.481 e. The molecule has 2 unspecified atom stereocenters. The van der Waals surface area contributed by atoms with E-state index in [1.165, 1.54) is 0 Å². The maximum absolute atomic E-state index is 11.3. The Morgan fingerprint density at radius 1 is 0.905 bits per heavy atom. The molecule has 21 heavy (non-hydrogen) atoms. The molecule has 0 heterocycles. The van der Waals surface area contributed by atoms with Gasteiger partial charge in [-0.1, -0.05) is 26.2 Å². The normalized spacial score (nSPS) is 32.4. The molecule has 0 aromatic rings. The van der Waals surface area contributed by atoms with Gasteiger partial charge in [0.1, 0.15) is 6.29 Å². The Bertz CT molecular complexity index is 349. The summed E-state index contributed by atoms with van der Waals surface area (Å²) >= 11 is 0. The van der Waals surface area contributed by atoms with Crippen LogP contribution in [0, 0.1) is 17.3 Å². The molecule has 1 rings (SSSR count). The molecule has 1 saturated carbocycles. The molecule has 0 radical (unpaired) electrons. The number of hydrogen-bond donors (Lipinski definition) is 2. The van der Waals surface area contributed by atoms with E-state index in [2.05, 4.69) is 0 Å². The van der Waals surface area contributed by atoms with Crippen LogP contribution in [-0.2, 0) is 14.4 Å². The first-order valence-corrected chi connectivity index (χ1v) is 7.80. The second-order valence-electron chi connectivity index (χ2n) is 6.56. The van der Waals surface area contributed by atoms with Crippen molar-refractivity contribution in [3.8, 4) is 0 Å². The van der Waals surface area contributed by atoms with Crippen molar-refractivity contribution in [2.75, 3.05) is 0 Å². The highest BCUT2D eigenvalue weighted by Gasteiger charge is 2.27. The second kappa shape index (κ2) is 8.15. The number of carboxylic acids is 2. The summed E-state index contributed by atoms with van der Waals surface area (Å²) in [5, 5.41) is 18.4. The number of hydrogen-bond acceptors (Lipinski definition) is 3. The van der Waals surface area contributed by atoms with Crippen molar-refractivity contribution in [1.82, 2.24) is 0 Å². The van der Waals surface area contributed by atoms with E-state index in [1.807, 2.05) is 6.92 Å². The smallest absolute Gasteiger partial charge is 0.306 e. The summed E-state index contributed by atoms with van der Waals surface area (Å²) in [6.07, 6.45) is 6.59. The van der Waals surface area contributed by atoms with Gasteiger partial charge < -0.3 is 15.0 Å². The zero-order valence-corrected chi connectivity index (χ0v) is 12.7. The van der Waals surface area contributed by atoms with Gasteiger partial charge in [-0.05, 0) is 38.5 Å². The molecule has 0 aromatic heterocycles. The Morgan fingerprint density at radius 2 is 1.29 bits per heavy atom. The molecule has 120 valence electrons. The standard InChI is InChI=1S/C16H26O5/c1-16(11-17)9-3-7-12(14(18)19)5-2-6-13(15(20)21)8-4-10-16/h11-13H,2-10H2,1H3,(H,18,19)(H,20,21). The lowest BCUT2D eigenvalue weighted by molar-refractivity contribution is -0.142. The summed E-state index contributed by atoms with van der Waals surface area (Å²) in [7, 11) is 0. The van der Waals surface area contributed by atoms with E-state index in [1.54, 1.807) is 0 Å². The van der Waals surface area contributed by atoms with Gasteiger partial charge in [0.2, 0.25) is 0 Å². The van der Waals surface area contributed by atoms with Crippen LogP contribution in [0.2, 0.25) is 0 Å². The van der Waals surface area contributed by atoms with E-state index in [4.69, 9.17) is 0 Å². The lowest BCUT2D eigenvalue weighted by Gasteiger charge is -2.25. The van der Waals surface area contributed by atoms with E-state index in [-0.39, 0.29) is 0 Å². The van der Waals surface area contributed by atoms with E-state index in [0.717, 1.165) is 19.1 Å². The molecule has 0 aromatic carbocycles. The Hall–Kier alpha value is -1.39. The highest BCUT2D eigenvalue weighted by Crippen LogP contribution is 2.32. The van der Waals surface area contributed by atoms with Gasteiger partial charge in [0.05, 0.1) is 11.8 Å². The van der Waals surface area contributed by atoms with Crippen LogP contribution >= 0.6 is 0 Å². The topological polar surface area (TPSA) is 91.7 Å². The zero-order chi connectivity index (χ0) is 15.9. The predicted octanol–water partition coefficient (Wildman–Crippen LogP) is 3.12. The maximum Gasteiger partial charge on any atom is 0.306 e. The molecular weight excluding hydrogens is 272 g/mol. The van der Waals surface area contributed by atoms with Crippen molar-refractivity contribution in [1.29, 1.82) is 0 Å². The summed E-state index contributed by atoms with van der Waals surface area (Å²) in [4.78, 5) is 33.8. The molecule has 2 atom stereocenters.